The van der Waals surface area contributed by atoms with E-state index in [2.05, 4.69) is 29.8 Å². The summed E-state index contributed by atoms with van der Waals surface area (Å²) in [6.07, 6.45) is -4.83. The molecule has 0 aliphatic carbocycles. The van der Waals surface area contributed by atoms with Crippen LogP contribution in [0.2, 0.25) is 0 Å². The number of aliphatic hydroxyl groups is 4. The van der Waals surface area contributed by atoms with Gasteiger partial charge in [0.05, 0.1) is 46.2 Å². The second kappa shape index (κ2) is 23.7. The van der Waals surface area contributed by atoms with E-state index in [0.717, 1.165) is 35.1 Å². The number of hydrogen-bond acceptors (Lipinski definition) is 13. The molecule has 14 nitrogen and oxygen atoms in total. The van der Waals surface area contributed by atoms with Crippen LogP contribution in [0.3, 0.4) is 0 Å². The summed E-state index contributed by atoms with van der Waals surface area (Å²) >= 11 is 0. The zero-order chi connectivity index (χ0) is 36.9. The number of aliphatic hydroxyl groups excluding tert-OH is 4. The molecule has 1 aliphatic rings. The Kier molecular flexibility index (Phi) is 21.0. The molecule has 0 bridgehead atoms. The van der Waals surface area contributed by atoms with Crippen molar-refractivity contribution < 1.29 is 63.2 Å². The molecule has 14 heteroatoms. The van der Waals surface area contributed by atoms with Crippen LogP contribution in [0.5, 0.6) is 0 Å². The number of hydrogen-bond donors (Lipinski definition) is 5. The largest absolute Gasteiger partial charge is 0.467 e. The van der Waals surface area contributed by atoms with Gasteiger partial charge in [-0.1, -0.05) is 60.2 Å². The second-order valence-corrected chi connectivity index (χ2v) is 11.9. The van der Waals surface area contributed by atoms with Crippen molar-refractivity contribution in [1.82, 2.24) is 5.32 Å². The van der Waals surface area contributed by atoms with E-state index in [-0.39, 0.29) is 33.0 Å². The van der Waals surface area contributed by atoms with E-state index in [0.29, 0.717) is 6.42 Å². The fraction of sp³-hybridized carbons (Fsp3) is 0.571. The van der Waals surface area contributed by atoms with E-state index < -0.39 is 67.3 Å². The van der Waals surface area contributed by atoms with Crippen LogP contribution in [-0.2, 0) is 44.6 Å². The Hall–Kier alpha value is -3.63. The summed E-state index contributed by atoms with van der Waals surface area (Å²) in [5.41, 5.74) is 3.41. The molecule has 2 rings (SSSR count). The molecule has 0 aromatic heterocycles. The third kappa shape index (κ3) is 17.5. The second-order valence-electron chi connectivity index (χ2n) is 11.9. The number of rotatable bonds is 21. The van der Waals surface area contributed by atoms with Gasteiger partial charge in [-0.15, -0.1) is 6.58 Å². The summed E-state index contributed by atoms with van der Waals surface area (Å²) in [5.74, 6) is -1.58. The number of alkyl carbamates (subject to hydrolysis) is 1. The molecule has 5 N–H and O–H groups in total. The SMILES string of the molecule is C=C(C)CCC[C@@H](O)[C@H](OCC(=C)C)[C@H](COC[C@H](NC(=O)OCc1ccccc1)C(=O)OC)OCC(=C)C.O=C1O[C@H](CO)[C@H](O)[C@H]1O. The smallest absolute Gasteiger partial charge is 0.408 e. The van der Waals surface area contributed by atoms with Gasteiger partial charge < -0.3 is 54.2 Å². The van der Waals surface area contributed by atoms with E-state index in [9.17, 15) is 19.5 Å². The Labute approximate surface area is 288 Å². The highest BCUT2D eigenvalue weighted by Crippen LogP contribution is 2.18. The van der Waals surface area contributed by atoms with Crippen LogP contribution >= 0.6 is 0 Å². The van der Waals surface area contributed by atoms with Crippen LogP contribution in [0.4, 0.5) is 4.79 Å². The number of esters is 2. The van der Waals surface area contributed by atoms with Crippen molar-refractivity contribution in [3.63, 3.8) is 0 Å². The quantitative estimate of drug-likeness (QED) is 0.0713. The lowest BCUT2D eigenvalue weighted by molar-refractivity contribution is -0.149. The molecule has 0 saturated carbocycles. The van der Waals surface area contributed by atoms with Crippen molar-refractivity contribution in [2.45, 2.75) is 89.3 Å². The summed E-state index contributed by atoms with van der Waals surface area (Å²) in [6, 6.07) is 8.04. The molecular formula is C35H53NO13. The van der Waals surface area contributed by atoms with Gasteiger partial charge in [-0.2, -0.15) is 0 Å². The first-order chi connectivity index (χ1) is 23.2. The highest BCUT2D eigenvalue weighted by molar-refractivity contribution is 5.81. The number of carbonyl (C=O) groups excluding carboxylic acids is 3. The number of carbonyl (C=O) groups is 3. The molecule has 1 aromatic rings. The van der Waals surface area contributed by atoms with Gasteiger partial charge in [0, 0.05) is 0 Å². The zero-order valence-electron chi connectivity index (χ0n) is 28.9. The lowest BCUT2D eigenvalue weighted by Crippen LogP contribution is -2.47. The van der Waals surface area contributed by atoms with Crippen LogP contribution < -0.4 is 5.32 Å². The van der Waals surface area contributed by atoms with E-state index in [1.165, 1.54) is 7.11 Å². The standard InChI is InChI=1S/C30H45NO8.C5H8O5/c1-21(2)12-11-15-26(32)28(38-17-23(5)6)27(37-16-22(3)4)20-36-19-25(29(33)35-7)31-30(34)39-18-24-13-9-8-10-14-24;6-1-2-3(7)4(8)5(9)10-2/h8-10,13-14,25-28,32H,1,3,5,11-12,15-20H2,2,4,6-7H3,(H,31,34);2-4,6-8H,1H2/t25-,26+,27-,28-;2-,3+,4-/m01/s1. The van der Waals surface area contributed by atoms with Crippen LogP contribution in [0.1, 0.15) is 45.6 Å². The number of ether oxygens (including phenoxy) is 6. The third-order valence-electron chi connectivity index (χ3n) is 6.87. The van der Waals surface area contributed by atoms with Crippen LogP contribution in [0.15, 0.2) is 66.8 Å². The molecule has 1 saturated heterocycles. The van der Waals surface area contributed by atoms with E-state index in [1.54, 1.807) is 0 Å². The average molecular weight is 696 g/mol. The van der Waals surface area contributed by atoms with Crippen LogP contribution in [0.25, 0.3) is 0 Å². The first-order valence-corrected chi connectivity index (χ1v) is 15.8. The van der Waals surface area contributed by atoms with Gasteiger partial charge in [-0.05, 0) is 45.6 Å². The maximum Gasteiger partial charge on any atom is 0.408 e. The Balaban J connectivity index is 0.00000102. The maximum atomic E-state index is 12.3. The molecule has 1 aliphatic heterocycles. The number of cyclic esters (lactones) is 1. The maximum absolute atomic E-state index is 12.3. The minimum Gasteiger partial charge on any atom is -0.467 e. The minimum atomic E-state index is -1.50. The lowest BCUT2D eigenvalue weighted by Gasteiger charge is -2.31. The van der Waals surface area contributed by atoms with Crippen LogP contribution in [0, 0.1) is 0 Å². The number of amides is 1. The third-order valence-corrected chi connectivity index (χ3v) is 6.87. The predicted octanol–water partition coefficient (Wildman–Crippen LogP) is 2.13. The molecule has 1 amide bonds. The number of allylic oxidation sites excluding steroid dienone is 1. The summed E-state index contributed by atoms with van der Waals surface area (Å²) in [6.45, 7) is 17.0. The average Bonchev–Trinajstić information content (AvgIpc) is 3.31. The fourth-order valence-corrected chi connectivity index (χ4v) is 4.27. The summed E-state index contributed by atoms with van der Waals surface area (Å²) in [4.78, 5) is 35.0. The molecule has 0 unspecified atom stereocenters. The number of methoxy groups -OCH3 is 1. The van der Waals surface area contributed by atoms with Crippen molar-refractivity contribution >= 4 is 18.0 Å². The van der Waals surface area contributed by atoms with Gasteiger partial charge in [-0.25, -0.2) is 14.4 Å². The zero-order valence-corrected chi connectivity index (χ0v) is 28.9. The highest BCUT2D eigenvalue weighted by Gasteiger charge is 2.42. The predicted molar refractivity (Wildman–Crippen MR) is 179 cm³/mol. The van der Waals surface area contributed by atoms with Crippen LogP contribution in [-0.4, -0.2) is 121 Å². The van der Waals surface area contributed by atoms with Crippen molar-refractivity contribution in [3.05, 3.63) is 72.4 Å². The summed E-state index contributed by atoms with van der Waals surface area (Å²) < 4.78 is 32.2. The van der Waals surface area contributed by atoms with Crippen molar-refractivity contribution in [1.29, 1.82) is 0 Å². The summed E-state index contributed by atoms with van der Waals surface area (Å²) in [7, 11) is 1.22. The molecule has 276 valence electrons. The minimum absolute atomic E-state index is 0.0279. The Bertz CT molecular complexity index is 1190. The first-order valence-electron chi connectivity index (χ1n) is 15.8. The lowest BCUT2D eigenvalue weighted by atomic mass is 10.0. The van der Waals surface area contributed by atoms with Crippen molar-refractivity contribution in [3.8, 4) is 0 Å². The first kappa shape index (κ1) is 43.4. The highest BCUT2D eigenvalue weighted by atomic mass is 16.6. The number of benzene rings is 1. The molecule has 1 aromatic carbocycles. The molecule has 0 spiro atoms. The molecular weight excluding hydrogens is 642 g/mol. The van der Waals surface area contributed by atoms with Crippen molar-refractivity contribution in [2.75, 3.05) is 40.1 Å². The van der Waals surface area contributed by atoms with Gasteiger partial charge in [0.15, 0.2) is 18.2 Å². The van der Waals surface area contributed by atoms with Gasteiger partial charge >= 0.3 is 18.0 Å². The fourth-order valence-electron chi connectivity index (χ4n) is 4.27. The van der Waals surface area contributed by atoms with E-state index >= 15 is 0 Å². The summed E-state index contributed by atoms with van der Waals surface area (Å²) in [5, 5.41) is 39.5. The molecule has 0 radical (unpaired) electrons. The molecule has 7 atom stereocenters. The topological polar surface area (TPSA) is 200 Å². The van der Waals surface area contributed by atoms with E-state index in [1.807, 2.05) is 51.1 Å². The van der Waals surface area contributed by atoms with Crippen molar-refractivity contribution in [2.24, 2.45) is 0 Å². The molecule has 1 fully saturated rings. The number of nitrogens with one attached hydrogen (secondary N) is 1. The van der Waals surface area contributed by atoms with E-state index in [4.69, 9.17) is 39.0 Å². The molecule has 49 heavy (non-hydrogen) atoms. The normalized spacial score (nSPS) is 19.3. The van der Waals surface area contributed by atoms with Gasteiger partial charge in [0.2, 0.25) is 0 Å². The van der Waals surface area contributed by atoms with Gasteiger partial charge in [0.1, 0.15) is 24.9 Å². The molecule has 1 heterocycles. The Morgan fingerprint density at radius 2 is 1.61 bits per heavy atom. The van der Waals surface area contributed by atoms with Gasteiger partial charge in [0.25, 0.3) is 0 Å². The monoisotopic (exact) mass is 695 g/mol. The van der Waals surface area contributed by atoms with Gasteiger partial charge in [-0.3, -0.25) is 0 Å². The Morgan fingerprint density at radius 1 is 0.980 bits per heavy atom. The Morgan fingerprint density at radius 3 is 2.12 bits per heavy atom.